The van der Waals surface area contributed by atoms with E-state index in [2.05, 4.69) is 33.2 Å². The monoisotopic (exact) mass is 356 g/mol. The second kappa shape index (κ2) is 7.22. The molecule has 0 N–H and O–H groups in total. The maximum atomic E-state index is 13.0. The maximum Gasteiger partial charge on any atom is 0.239 e. The number of hydrogen-bond donors (Lipinski definition) is 0. The van der Waals surface area contributed by atoms with E-state index in [0.717, 1.165) is 51.1 Å². The van der Waals surface area contributed by atoms with Crippen molar-refractivity contribution < 1.29 is 4.79 Å². The molecule has 0 aromatic carbocycles. The van der Waals surface area contributed by atoms with E-state index in [1.807, 2.05) is 28.5 Å². The molecular weight excluding hydrogens is 332 g/mol. The predicted molar refractivity (Wildman–Crippen MR) is 98.5 cm³/mol. The van der Waals surface area contributed by atoms with E-state index >= 15 is 0 Å². The molecule has 132 valence electrons. The minimum atomic E-state index is -0.0650. The van der Waals surface area contributed by atoms with Gasteiger partial charge in [-0.2, -0.15) is 0 Å². The Balaban J connectivity index is 1.42. The highest BCUT2D eigenvalue weighted by molar-refractivity contribution is 7.10. The lowest BCUT2D eigenvalue weighted by Gasteiger charge is -2.38. The number of carbonyl (C=O) groups excluding carboxylic acids is 1. The Labute approximate surface area is 152 Å². The molecule has 0 spiro atoms. The van der Waals surface area contributed by atoms with Gasteiger partial charge in [-0.3, -0.25) is 9.69 Å². The highest BCUT2D eigenvalue weighted by atomic mass is 32.1. The number of aromatic nitrogens is 2. The first-order valence-corrected chi connectivity index (χ1v) is 9.94. The lowest BCUT2D eigenvalue weighted by molar-refractivity contribution is -0.137. The number of amides is 1. The summed E-state index contributed by atoms with van der Waals surface area (Å²) in [7, 11) is 0. The van der Waals surface area contributed by atoms with Gasteiger partial charge in [-0.15, -0.1) is 11.3 Å². The molecule has 2 aromatic rings. The Kier molecular flexibility index (Phi) is 4.81. The van der Waals surface area contributed by atoms with Gasteiger partial charge in [-0.25, -0.2) is 9.97 Å². The van der Waals surface area contributed by atoms with Crippen LogP contribution in [-0.2, 0) is 17.8 Å². The lowest BCUT2D eigenvalue weighted by Crippen LogP contribution is -2.51. The third-order valence-corrected chi connectivity index (χ3v) is 6.52. The lowest BCUT2D eigenvalue weighted by atomic mass is 9.93. The number of hydrogen-bond acceptors (Lipinski definition) is 5. The summed E-state index contributed by atoms with van der Waals surface area (Å²) in [5.74, 6) is 0.664. The van der Waals surface area contributed by atoms with Gasteiger partial charge in [0.25, 0.3) is 0 Å². The third-order valence-electron chi connectivity index (χ3n) is 5.50. The van der Waals surface area contributed by atoms with Crippen molar-refractivity contribution in [1.82, 2.24) is 19.8 Å². The maximum absolute atomic E-state index is 13.0. The van der Waals surface area contributed by atoms with Crippen LogP contribution in [0.3, 0.4) is 0 Å². The van der Waals surface area contributed by atoms with Crippen LogP contribution in [0.1, 0.15) is 41.8 Å². The average molecular weight is 356 g/mol. The molecule has 0 radical (unpaired) electrons. The largest absolute Gasteiger partial charge is 0.337 e. The van der Waals surface area contributed by atoms with E-state index in [-0.39, 0.29) is 11.9 Å². The molecule has 4 rings (SSSR count). The molecule has 1 saturated heterocycles. The number of nitrogens with zero attached hydrogens (tertiary/aromatic N) is 4. The van der Waals surface area contributed by atoms with Gasteiger partial charge in [0.05, 0.1) is 6.04 Å². The van der Waals surface area contributed by atoms with Crippen molar-refractivity contribution in [2.75, 3.05) is 19.6 Å². The molecule has 2 aromatic heterocycles. The highest BCUT2D eigenvalue weighted by Gasteiger charge is 2.32. The molecule has 0 unspecified atom stereocenters. The molecule has 0 saturated carbocycles. The van der Waals surface area contributed by atoms with Crippen molar-refractivity contribution in [3.05, 3.63) is 46.2 Å². The molecule has 1 fully saturated rings. The Morgan fingerprint density at radius 2 is 2.28 bits per heavy atom. The molecule has 2 aliphatic rings. The number of rotatable bonds is 3. The fourth-order valence-electron chi connectivity index (χ4n) is 4.00. The van der Waals surface area contributed by atoms with E-state index in [4.69, 9.17) is 0 Å². The Morgan fingerprint density at radius 3 is 3.12 bits per heavy atom. The van der Waals surface area contributed by atoms with Crippen LogP contribution in [0.15, 0.2) is 30.0 Å². The molecule has 0 aliphatic carbocycles. The molecule has 0 bridgehead atoms. The second-order valence-electron chi connectivity index (χ2n) is 7.02. The summed E-state index contributed by atoms with van der Waals surface area (Å²) >= 11 is 1.81. The van der Waals surface area contributed by atoms with Gasteiger partial charge >= 0.3 is 0 Å². The SMILES string of the molecule is C[C@H](C(=O)N1CCc2sccc2C1)N1CCC[C@H](c2ccncn2)C1. The van der Waals surface area contributed by atoms with Gasteiger partial charge in [-0.05, 0) is 55.8 Å². The van der Waals surface area contributed by atoms with Gasteiger partial charge in [-0.1, -0.05) is 0 Å². The molecule has 5 nitrogen and oxygen atoms in total. The fraction of sp³-hybridized carbons (Fsp3) is 0.526. The number of piperidine rings is 1. The molecule has 2 aliphatic heterocycles. The summed E-state index contributed by atoms with van der Waals surface area (Å²) < 4.78 is 0. The predicted octanol–water partition coefficient (Wildman–Crippen LogP) is 2.69. The topological polar surface area (TPSA) is 49.3 Å². The summed E-state index contributed by atoms with van der Waals surface area (Å²) in [4.78, 5) is 27.3. The standard InChI is InChI=1S/C19H24N4OS/c1-14(19(24)23-9-5-18-16(12-23)6-10-25-18)22-8-2-3-15(11-22)17-4-7-20-13-21-17/h4,6-7,10,13-15H,2-3,5,8-9,11-12H2,1H3/t14-,15+/m1/s1. The normalized spacial score (nSPS) is 22.4. The zero-order valence-electron chi connectivity index (χ0n) is 14.6. The van der Waals surface area contributed by atoms with E-state index in [0.29, 0.717) is 5.92 Å². The number of fused-ring (bicyclic) bond motifs is 1. The van der Waals surface area contributed by atoms with Crippen LogP contribution < -0.4 is 0 Å². The van der Waals surface area contributed by atoms with Crippen LogP contribution in [0.25, 0.3) is 0 Å². The smallest absolute Gasteiger partial charge is 0.239 e. The minimum Gasteiger partial charge on any atom is -0.337 e. The summed E-state index contributed by atoms with van der Waals surface area (Å²) in [6.07, 6.45) is 6.67. The molecule has 25 heavy (non-hydrogen) atoms. The quantitative estimate of drug-likeness (QED) is 0.848. The van der Waals surface area contributed by atoms with Gasteiger partial charge in [0.15, 0.2) is 0 Å². The average Bonchev–Trinajstić information content (AvgIpc) is 3.15. The molecule has 4 heterocycles. The molecule has 6 heteroatoms. The van der Waals surface area contributed by atoms with Crippen molar-refractivity contribution in [3.8, 4) is 0 Å². The van der Waals surface area contributed by atoms with E-state index in [1.54, 1.807) is 6.33 Å². The van der Waals surface area contributed by atoms with E-state index in [1.165, 1.54) is 10.4 Å². The first kappa shape index (κ1) is 16.7. The van der Waals surface area contributed by atoms with E-state index in [9.17, 15) is 4.79 Å². The minimum absolute atomic E-state index is 0.0650. The van der Waals surface area contributed by atoms with Crippen molar-refractivity contribution in [2.45, 2.75) is 44.7 Å². The van der Waals surface area contributed by atoms with Gasteiger partial charge in [0, 0.05) is 42.3 Å². The van der Waals surface area contributed by atoms with Crippen LogP contribution in [-0.4, -0.2) is 51.4 Å². The van der Waals surface area contributed by atoms with Crippen molar-refractivity contribution in [3.63, 3.8) is 0 Å². The molecule has 2 atom stereocenters. The summed E-state index contributed by atoms with van der Waals surface area (Å²) in [5.41, 5.74) is 2.43. The van der Waals surface area contributed by atoms with Crippen LogP contribution in [0.5, 0.6) is 0 Å². The van der Waals surface area contributed by atoms with Crippen LogP contribution in [0.2, 0.25) is 0 Å². The Bertz CT molecular complexity index is 732. The zero-order valence-corrected chi connectivity index (χ0v) is 15.4. The Morgan fingerprint density at radius 1 is 1.36 bits per heavy atom. The van der Waals surface area contributed by atoms with Crippen LogP contribution in [0, 0.1) is 0 Å². The number of likely N-dealkylation sites (tertiary alicyclic amines) is 1. The van der Waals surface area contributed by atoms with Crippen molar-refractivity contribution >= 4 is 17.2 Å². The van der Waals surface area contributed by atoms with E-state index < -0.39 is 0 Å². The zero-order chi connectivity index (χ0) is 17.2. The van der Waals surface area contributed by atoms with Crippen LogP contribution >= 0.6 is 11.3 Å². The molecule has 1 amide bonds. The van der Waals surface area contributed by atoms with Gasteiger partial charge in [0.1, 0.15) is 6.33 Å². The number of thiophene rings is 1. The Hall–Kier alpha value is -1.79. The second-order valence-corrected chi connectivity index (χ2v) is 8.02. The first-order chi connectivity index (χ1) is 12.2. The van der Waals surface area contributed by atoms with Crippen LogP contribution in [0.4, 0.5) is 0 Å². The third kappa shape index (κ3) is 3.46. The summed E-state index contributed by atoms with van der Waals surface area (Å²) in [6, 6.07) is 4.10. The highest BCUT2D eigenvalue weighted by Crippen LogP contribution is 2.28. The fourth-order valence-corrected chi connectivity index (χ4v) is 4.89. The summed E-state index contributed by atoms with van der Waals surface area (Å²) in [6.45, 7) is 5.58. The summed E-state index contributed by atoms with van der Waals surface area (Å²) in [5, 5.41) is 2.14. The molecular formula is C19H24N4OS. The first-order valence-electron chi connectivity index (χ1n) is 9.06. The number of carbonyl (C=O) groups is 1. The van der Waals surface area contributed by atoms with Gasteiger partial charge in [0.2, 0.25) is 5.91 Å². The van der Waals surface area contributed by atoms with Gasteiger partial charge < -0.3 is 4.90 Å². The van der Waals surface area contributed by atoms with Crippen molar-refractivity contribution in [1.29, 1.82) is 0 Å². The van der Waals surface area contributed by atoms with Crippen molar-refractivity contribution in [2.24, 2.45) is 0 Å².